The minimum absolute atomic E-state index is 0.0245. The molecule has 1 aliphatic carbocycles. The number of hydrogen-bond acceptors (Lipinski definition) is 3. The van der Waals surface area contributed by atoms with Crippen LogP contribution in [0.4, 0.5) is 4.79 Å². The van der Waals surface area contributed by atoms with Crippen molar-refractivity contribution >= 4 is 23.6 Å². The van der Waals surface area contributed by atoms with Gasteiger partial charge in [-0.1, -0.05) is 42.8 Å². The predicted molar refractivity (Wildman–Crippen MR) is 131 cm³/mol. The molecule has 1 saturated heterocycles. The zero-order valence-electron chi connectivity index (χ0n) is 19.9. The van der Waals surface area contributed by atoms with Crippen molar-refractivity contribution in [3.05, 3.63) is 69.7 Å². The number of aryl methyl sites for hydroxylation is 1. The fraction of sp³-hybridized carbons (Fsp3) is 0.481. The van der Waals surface area contributed by atoms with Gasteiger partial charge in [-0.3, -0.25) is 4.79 Å². The number of rotatable bonds is 3. The first-order valence-electron chi connectivity index (χ1n) is 11.8. The van der Waals surface area contributed by atoms with Crippen LogP contribution in [-0.4, -0.2) is 41.6 Å². The molecular weight excluding hydrogens is 436 g/mol. The Morgan fingerprint density at radius 2 is 1.85 bits per heavy atom. The van der Waals surface area contributed by atoms with E-state index in [4.69, 9.17) is 16.3 Å². The van der Waals surface area contributed by atoms with Crippen LogP contribution in [-0.2, 0) is 23.0 Å². The van der Waals surface area contributed by atoms with E-state index in [9.17, 15) is 9.59 Å². The Hall–Kier alpha value is -2.53. The van der Waals surface area contributed by atoms with Crippen molar-refractivity contribution in [1.29, 1.82) is 0 Å². The molecule has 1 heterocycles. The third kappa shape index (κ3) is 4.74. The molecule has 1 fully saturated rings. The maximum atomic E-state index is 13.4. The summed E-state index contributed by atoms with van der Waals surface area (Å²) < 4.78 is 5.59. The van der Waals surface area contributed by atoms with E-state index in [0.29, 0.717) is 23.7 Å². The molecule has 1 atom stereocenters. The third-order valence-corrected chi connectivity index (χ3v) is 7.19. The lowest BCUT2D eigenvalue weighted by atomic mass is 9.71. The van der Waals surface area contributed by atoms with Gasteiger partial charge in [-0.25, -0.2) is 4.79 Å². The molecule has 1 aliphatic heterocycles. The predicted octanol–water partition coefficient (Wildman–Crippen LogP) is 5.53. The van der Waals surface area contributed by atoms with Crippen molar-refractivity contribution in [2.45, 2.75) is 70.4 Å². The van der Waals surface area contributed by atoms with Gasteiger partial charge in [0.05, 0.1) is 0 Å². The summed E-state index contributed by atoms with van der Waals surface area (Å²) in [6.07, 6.45) is 2.84. The highest BCUT2D eigenvalue weighted by Crippen LogP contribution is 2.46. The summed E-state index contributed by atoms with van der Waals surface area (Å²) in [5, 5.41) is 4.00. The van der Waals surface area contributed by atoms with Crippen LogP contribution in [0.5, 0.6) is 0 Å². The lowest BCUT2D eigenvalue weighted by Crippen LogP contribution is -2.55. The molecule has 5 nitrogen and oxygen atoms in total. The van der Waals surface area contributed by atoms with Gasteiger partial charge in [-0.15, -0.1) is 0 Å². The van der Waals surface area contributed by atoms with E-state index in [1.165, 1.54) is 11.1 Å². The lowest BCUT2D eigenvalue weighted by molar-refractivity contribution is 0.0146. The summed E-state index contributed by atoms with van der Waals surface area (Å²) in [6.45, 7) is 8.90. The number of piperidine rings is 1. The zero-order chi connectivity index (χ0) is 23.8. The van der Waals surface area contributed by atoms with Gasteiger partial charge in [0.1, 0.15) is 5.60 Å². The summed E-state index contributed by atoms with van der Waals surface area (Å²) >= 11 is 6.15. The van der Waals surface area contributed by atoms with Crippen LogP contribution in [0.1, 0.15) is 67.6 Å². The van der Waals surface area contributed by atoms with Crippen LogP contribution in [0.25, 0.3) is 0 Å². The Morgan fingerprint density at radius 1 is 1.15 bits per heavy atom. The first-order chi connectivity index (χ1) is 15.6. The molecule has 176 valence electrons. The summed E-state index contributed by atoms with van der Waals surface area (Å²) in [5.74, 6) is -0.0599. The fourth-order valence-corrected chi connectivity index (χ4v) is 5.52. The Morgan fingerprint density at radius 3 is 2.52 bits per heavy atom. The quantitative estimate of drug-likeness (QED) is 0.644. The number of likely N-dealkylation sites (tertiary alicyclic amines) is 1. The number of nitrogens with zero attached hydrogens (tertiary/aromatic N) is 1. The van der Waals surface area contributed by atoms with Crippen molar-refractivity contribution in [2.75, 3.05) is 13.1 Å². The molecule has 2 aromatic rings. The summed E-state index contributed by atoms with van der Waals surface area (Å²) in [4.78, 5) is 27.8. The maximum absolute atomic E-state index is 13.4. The van der Waals surface area contributed by atoms with E-state index in [1.54, 1.807) is 11.0 Å². The molecule has 1 unspecified atom stereocenters. The Bertz CT molecular complexity index is 1050. The standard InChI is InChI=1S/C27H33ClN2O3/c1-5-18-16-20(28)10-11-21(18)24(31)29-23-17-19-8-6-7-9-22(19)27(23)12-14-30(15-13-27)25(32)33-26(2,3)4/h6-11,16,23H,5,12-15,17H2,1-4H3,(H,29,31). The Labute approximate surface area is 201 Å². The number of nitrogens with one attached hydrogen (secondary N) is 1. The SMILES string of the molecule is CCc1cc(Cl)ccc1C(=O)NC1Cc2ccccc2C12CCN(C(=O)OC(C)(C)C)CC2. The first kappa shape index (κ1) is 23.6. The van der Waals surface area contributed by atoms with E-state index in [-0.39, 0.29) is 23.5 Å². The molecule has 2 aliphatic rings. The lowest BCUT2D eigenvalue weighted by Gasteiger charge is -2.44. The summed E-state index contributed by atoms with van der Waals surface area (Å²) in [5.41, 5.74) is 3.50. The molecule has 2 amide bonds. The summed E-state index contributed by atoms with van der Waals surface area (Å²) in [7, 11) is 0. The second-order valence-electron chi connectivity index (χ2n) is 10.2. The van der Waals surface area contributed by atoms with Gasteiger partial charge in [-0.05, 0) is 81.3 Å². The number of hydrogen-bond donors (Lipinski definition) is 1. The van der Waals surface area contributed by atoms with E-state index < -0.39 is 5.60 Å². The molecule has 6 heteroatoms. The molecule has 0 aromatic heterocycles. The van der Waals surface area contributed by atoms with Gasteiger partial charge in [0.15, 0.2) is 0 Å². The summed E-state index contributed by atoms with van der Waals surface area (Å²) in [6, 6.07) is 13.9. The van der Waals surface area contributed by atoms with Gasteiger partial charge in [0.25, 0.3) is 5.91 Å². The van der Waals surface area contributed by atoms with Crippen LogP contribution in [0.2, 0.25) is 5.02 Å². The van der Waals surface area contributed by atoms with Crippen LogP contribution >= 0.6 is 11.6 Å². The van der Waals surface area contributed by atoms with Gasteiger partial charge in [0, 0.05) is 35.1 Å². The highest BCUT2D eigenvalue weighted by Gasteiger charge is 2.49. The van der Waals surface area contributed by atoms with Crippen LogP contribution in [0.15, 0.2) is 42.5 Å². The molecule has 2 aromatic carbocycles. The second-order valence-corrected chi connectivity index (χ2v) is 10.6. The number of benzene rings is 2. The largest absolute Gasteiger partial charge is 0.444 e. The average molecular weight is 469 g/mol. The normalized spacial score (nSPS) is 19.3. The van der Waals surface area contributed by atoms with Crippen molar-refractivity contribution in [1.82, 2.24) is 10.2 Å². The average Bonchev–Trinajstić information content (AvgIpc) is 3.05. The molecule has 0 radical (unpaired) electrons. The van der Waals surface area contributed by atoms with E-state index >= 15 is 0 Å². The highest BCUT2D eigenvalue weighted by atomic mass is 35.5. The van der Waals surface area contributed by atoms with Gasteiger partial charge in [-0.2, -0.15) is 0 Å². The fourth-order valence-electron chi connectivity index (χ4n) is 5.32. The van der Waals surface area contributed by atoms with Crippen molar-refractivity contribution in [3.8, 4) is 0 Å². The number of carbonyl (C=O) groups excluding carboxylic acids is 2. The third-order valence-electron chi connectivity index (χ3n) is 6.95. The molecule has 0 bridgehead atoms. The first-order valence-corrected chi connectivity index (χ1v) is 12.2. The van der Waals surface area contributed by atoms with E-state index in [1.807, 2.05) is 39.8 Å². The smallest absolute Gasteiger partial charge is 0.410 e. The number of fused-ring (bicyclic) bond motifs is 2. The number of halogens is 1. The minimum Gasteiger partial charge on any atom is -0.444 e. The molecule has 33 heavy (non-hydrogen) atoms. The van der Waals surface area contributed by atoms with Crippen LogP contribution in [0.3, 0.4) is 0 Å². The second kappa shape index (κ2) is 9.02. The minimum atomic E-state index is -0.516. The highest BCUT2D eigenvalue weighted by molar-refractivity contribution is 6.30. The molecule has 4 rings (SSSR count). The van der Waals surface area contributed by atoms with Crippen LogP contribution < -0.4 is 5.32 Å². The van der Waals surface area contributed by atoms with Gasteiger partial charge < -0.3 is 15.0 Å². The van der Waals surface area contributed by atoms with Crippen molar-refractivity contribution in [2.24, 2.45) is 0 Å². The van der Waals surface area contributed by atoms with E-state index in [2.05, 4.69) is 29.6 Å². The zero-order valence-corrected chi connectivity index (χ0v) is 20.7. The molecule has 1 spiro atoms. The number of ether oxygens (including phenoxy) is 1. The maximum Gasteiger partial charge on any atom is 0.410 e. The monoisotopic (exact) mass is 468 g/mol. The topological polar surface area (TPSA) is 58.6 Å². The molecular formula is C27H33ClN2O3. The van der Waals surface area contributed by atoms with Gasteiger partial charge >= 0.3 is 6.09 Å². The van der Waals surface area contributed by atoms with Crippen LogP contribution in [0, 0.1) is 0 Å². The van der Waals surface area contributed by atoms with Crippen molar-refractivity contribution < 1.29 is 14.3 Å². The number of carbonyl (C=O) groups is 2. The molecule has 0 saturated carbocycles. The van der Waals surface area contributed by atoms with Gasteiger partial charge in [0.2, 0.25) is 0 Å². The van der Waals surface area contributed by atoms with Crippen molar-refractivity contribution in [3.63, 3.8) is 0 Å². The Kier molecular flexibility index (Phi) is 6.45. The van der Waals surface area contributed by atoms with E-state index in [0.717, 1.165) is 31.2 Å². The molecule has 1 N–H and O–H groups in total. The Balaban J connectivity index is 1.57. The number of amides is 2.